The molecule has 0 amide bonds. The highest BCUT2D eigenvalue weighted by atomic mass is 15.1. The average Bonchev–Trinajstić information content (AvgIpc) is 2.78. The Hall–Kier alpha value is -1.70. The van der Waals surface area contributed by atoms with E-state index in [1.54, 1.807) is 0 Å². The third kappa shape index (κ3) is 7.24. The highest BCUT2D eigenvalue weighted by Gasteiger charge is 2.20. The highest BCUT2D eigenvalue weighted by molar-refractivity contribution is 5.58. The van der Waals surface area contributed by atoms with Crippen molar-refractivity contribution < 1.29 is 0 Å². The lowest BCUT2D eigenvalue weighted by Gasteiger charge is -2.28. The van der Waals surface area contributed by atoms with Crippen molar-refractivity contribution in [3.63, 3.8) is 0 Å². The Bertz CT molecular complexity index is 681. The summed E-state index contributed by atoms with van der Waals surface area (Å²) in [6.07, 6.45) is 17.4. The van der Waals surface area contributed by atoms with Crippen molar-refractivity contribution in [3.8, 4) is 11.3 Å². The van der Waals surface area contributed by atoms with Gasteiger partial charge >= 0.3 is 0 Å². The number of rotatable bonds is 11. The molecule has 0 bridgehead atoms. The number of hydrogen-bond acceptors (Lipinski definition) is 2. The van der Waals surface area contributed by atoms with Crippen LogP contribution in [0.2, 0.25) is 0 Å². The van der Waals surface area contributed by atoms with E-state index in [4.69, 9.17) is 0 Å². The van der Waals surface area contributed by atoms with Crippen molar-refractivity contribution in [1.82, 2.24) is 10.2 Å². The van der Waals surface area contributed by atoms with Crippen molar-refractivity contribution in [2.24, 2.45) is 11.8 Å². The average molecular weight is 393 g/mol. The van der Waals surface area contributed by atoms with E-state index in [2.05, 4.69) is 60.4 Å². The van der Waals surface area contributed by atoms with Crippen LogP contribution in [0.5, 0.6) is 0 Å². The van der Waals surface area contributed by atoms with Crippen LogP contribution in [0, 0.1) is 11.8 Å². The van der Waals surface area contributed by atoms with Crippen molar-refractivity contribution in [2.75, 3.05) is 0 Å². The SMILES string of the molecule is CCCCCc1ccc(-c2ccc(CC[C@H]3CC[C@H](CCCC)CC3)cc2)nn1. The maximum atomic E-state index is 4.46. The zero-order chi connectivity index (χ0) is 20.3. The first-order valence-electron chi connectivity index (χ1n) is 12.2. The molecule has 1 aliphatic carbocycles. The first-order valence-corrected chi connectivity index (χ1v) is 12.2. The molecule has 1 aromatic heterocycles. The Labute approximate surface area is 178 Å². The van der Waals surface area contributed by atoms with E-state index >= 15 is 0 Å². The molecule has 2 heteroatoms. The van der Waals surface area contributed by atoms with Crippen LogP contribution < -0.4 is 0 Å². The summed E-state index contributed by atoms with van der Waals surface area (Å²) in [5.74, 6) is 1.96. The minimum atomic E-state index is 0.943. The summed E-state index contributed by atoms with van der Waals surface area (Å²) >= 11 is 0. The van der Waals surface area contributed by atoms with Gasteiger partial charge in [-0.05, 0) is 55.2 Å². The van der Waals surface area contributed by atoms with Gasteiger partial charge in [0.2, 0.25) is 0 Å². The maximum absolute atomic E-state index is 4.46. The van der Waals surface area contributed by atoms with Gasteiger partial charge in [0.1, 0.15) is 0 Å². The third-order valence-corrected chi connectivity index (χ3v) is 6.78. The summed E-state index contributed by atoms with van der Waals surface area (Å²) in [5, 5.41) is 8.88. The Morgan fingerprint density at radius 3 is 2.00 bits per heavy atom. The van der Waals surface area contributed by atoms with Crippen LogP contribution in [-0.2, 0) is 12.8 Å². The fourth-order valence-corrected chi connectivity index (χ4v) is 4.72. The molecular weight excluding hydrogens is 352 g/mol. The minimum absolute atomic E-state index is 0.943. The smallest absolute Gasteiger partial charge is 0.0929 e. The second kappa shape index (κ2) is 12.1. The summed E-state index contributed by atoms with van der Waals surface area (Å²) in [7, 11) is 0. The zero-order valence-electron chi connectivity index (χ0n) is 18.7. The van der Waals surface area contributed by atoms with E-state index < -0.39 is 0 Å². The maximum Gasteiger partial charge on any atom is 0.0929 e. The number of aryl methyl sites for hydroxylation is 2. The lowest BCUT2D eigenvalue weighted by atomic mass is 9.78. The van der Waals surface area contributed by atoms with Gasteiger partial charge in [-0.15, -0.1) is 0 Å². The molecule has 0 spiro atoms. The zero-order valence-corrected chi connectivity index (χ0v) is 18.7. The fraction of sp³-hybridized carbons (Fsp3) is 0.630. The number of hydrogen-bond donors (Lipinski definition) is 0. The van der Waals surface area contributed by atoms with Crippen molar-refractivity contribution in [1.29, 1.82) is 0 Å². The predicted octanol–water partition coefficient (Wildman–Crippen LogP) is 7.81. The molecule has 158 valence electrons. The van der Waals surface area contributed by atoms with E-state index in [0.29, 0.717) is 0 Å². The fourth-order valence-electron chi connectivity index (χ4n) is 4.72. The summed E-state index contributed by atoms with van der Waals surface area (Å²) in [6.45, 7) is 4.55. The molecular formula is C27H40N2. The largest absolute Gasteiger partial charge is 0.155 e. The van der Waals surface area contributed by atoms with E-state index in [1.807, 2.05) is 0 Å². The molecule has 0 aliphatic heterocycles. The van der Waals surface area contributed by atoms with Gasteiger partial charge in [-0.25, -0.2) is 0 Å². The quantitative estimate of drug-likeness (QED) is 0.364. The lowest BCUT2D eigenvalue weighted by Crippen LogP contribution is -2.15. The third-order valence-electron chi connectivity index (χ3n) is 6.78. The molecule has 0 radical (unpaired) electrons. The van der Waals surface area contributed by atoms with E-state index in [1.165, 1.54) is 88.2 Å². The van der Waals surface area contributed by atoms with Crippen LogP contribution in [0.3, 0.4) is 0 Å². The molecule has 2 aromatic rings. The Morgan fingerprint density at radius 2 is 1.38 bits per heavy atom. The predicted molar refractivity (Wildman–Crippen MR) is 124 cm³/mol. The van der Waals surface area contributed by atoms with Crippen molar-refractivity contribution in [3.05, 3.63) is 47.7 Å². The van der Waals surface area contributed by atoms with Crippen LogP contribution >= 0.6 is 0 Å². The second-order valence-electron chi connectivity index (χ2n) is 9.13. The molecule has 29 heavy (non-hydrogen) atoms. The minimum Gasteiger partial charge on any atom is -0.155 e. The number of nitrogens with zero attached hydrogens (tertiary/aromatic N) is 2. The number of benzene rings is 1. The molecule has 3 rings (SSSR count). The molecule has 1 aromatic carbocycles. The van der Waals surface area contributed by atoms with Crippen LogP contribution in [0.25, 0.3) is 11.3 Å². The van der Waals surface area contributed by atoms with E-state index in [9.17, 15) is 0 Å². The van der Waals surface area contributed by atoms with Gasteiger partial charge in [-0.1, -0.05) is 95.9 Å². The van der Waals surface area contributed by atoms with Crippen molar-refractivity contribution >= 4 is 0 Å². The van der Waals surface area contributed by atoms with Crippen LogP contribution in [0.4, 0.5) is 0 Å². The van der Waals surface area contributed by atoms with Crippen LogP contribution in [0.1, 0.15) is 95.7 Å². The van der Waals surface area contributed by atoms with E-state index in [-0.39, 0.29) is 0 Å². The van der Waals surface area contributed by atoms with Gasteiger partial charge in [0.25, 0.3) is 0 Å². The number of unbranched alkanes of at least 4 members (excludes halogenated alkanes) is 3. The van der Waals surface area contributed by atoms with Gasteiger partial charge < -0.3 is 0 Å². The van der Waals surface area contributed by atoms with Gasteiger partial charge in [0.15, 0.2) is 0 Å². The first-order chi connectivity index (χ1) is 14.3. The van der Waals surface area contributed by atoms with E-state index in [0.717, 1.165) is 29.6 Å². The topological polar surface area (TPSA) is 25.8 Å². The monoisotopic (exact) mass is 392 g/mol. The Kier molecular flexibility index (Phi) is 9.18. The Morgan fingerprint density at radius 1 is 0.690 bits per heavy atom. The molecule has 0 saturated heterocycles. The molecule has 2 nitrogen and oxygen atoms in total. The Balaban J connectivity index is 1.43. The van der Waals surface area contributed by atoms with Crippen molar-refractivity contribution in [2.45, 2.75) is 97.3 Å². The first kappa shape index (κ1) is 22.0. The standard InChI is InChI=1S/C27H40N2/c1-3-5-7-9-26-20-21-27(29-28-26)25-18-16-24(17-19-25)15-14-23-12-10-22(11-13-23)8-6-4-2/h16-23H,3-15H2,1-2H3/t22-,23-. The molecule has 0 N–H and O–H groups in total. The summed E-state index contributed by atoms with van der Waals surface area (Å²) < 4.78 is 0. The number of aromatic nitrogens is 2. The molecule has 1 aliphatic rings. The normalized spacial score (nSPS) is 19.4. The van der Waals surface area contributed by atoms with Gasteiger partial charge in [-0.3, -0.25) is 0 Å². The molecule has 1 fully saturated rings. The second-order valence-corrected chi connectivity index (χ2v) is 9.13. The summed E-state index contributed by atoms with van der Waals surface area (Å²) in [4.78, 5) is 0. The molecule has 1 saturated carbocycles. The molecule has 0 unspecified atom stereocenters. The van der Waals surface area contributed by atoms with Crippen LogP contribution in [-0.4, -0.2) is 10.2 Å². The molecule has 1 heterocycles. The van der Waals surface area contributed by atoms with Crippen LogP contribution in [0.15, 0.2) is 36.4 Å². The highest BCUT2D eigenvalue weighted by Crippen LogP contribution is 2.34. The van der Waals surface area contributed by atoms with Gasteiger partial charge in [0, 0.05) is 5.56 Å². The molecule has 0 atom stereocenters. The summed E-state index contributed by atoms with van der Waals surface area (Å²) in [6, 6.07) is 13.3. The lowest BCUT2D eigenvalue weighted by molar-refractivity contribution is 0.250. The van der Waals surface area contributed by atoms with Gasteiger partial charge in [-0.2, -0.15) is 10.2 Å². The summed E-state index contributed by atoms with van der Waals surface area (Å²) in [5.41, 5.74) is 4.74. The van der Waals surface area contributed by atoms with Gasteiger partial charge in [0.05, 0.1) is 11.4 Å².